The summed E-state index contributed by atoms with van der Waals surface area (Å²) < 4.78 is 19.0. The highest BCUT2D eigenvalue weighted by Gasteiger charge is 2.41. The van der Waals surface area contributed by atoms with E-state index in [0.29, 0.717) is 29.5 Å². The molecule has 0 aliphatic carbocycles. The Kier molecular flexibility index (Phi) is 6.30. The molecule has 0 amide bonds. The average Bonchev–Trinajstić information content (AvgIpc) is 3.26. The number of hydrogen-bond acceptors (Lipinski definition) is 6. The van der Waals surface area contributed by atoms with E-state index in [0.717, 1.165) is 28.3 Å². The van der Waals surface area contributed by atoms with Crippen molar-refractivity contribution in [1.82, 2.24) is 4.98 Å². The van der Waals surface area contributed by atoms with E-state index in [9.17, 15) is 19.1 Å². The van der Waals surface area contributed by atoms with Crippen molar-refractivity contribution in [2.24, 2.45) is 5.41 Å². The first kappa shape index (κ1) is 23.1. The topological polar surface area (TPSA) is 92.4 Å². The van der Waals surface area contributed by atoms with Gasteiger partial charge in [-0.25, -0.2) is 4.39 Å². The SMILES string of the molecule is O=C(CC1(C(=O)O)CCSCC1)c1ccc(-c2ccc(Nc3nc4cc(F)ccc4o3)cc2)cc1. The molecule has 2 N–H and O–H groups in total. The Morgan fingerprint density at radius 1 is 1.00 bits per heavy atom. The molecule has 35 heavy (non-hydrogen) atoms. The highest BCUT2D eigenvalue weighted by molar-refractivity contribution is 7.99. The third-order valence-electron chi connectivity index (χ3n) is 6.43. The zero-order valence-corrected chi connectivity index (χ0v) is 19.6. The summed E-state index contributed by atoms with van der Waals surface area (Å²) in [6.07, 6.45) is 1.08. The molecule has 1 aromatic heterocycles. The molecule has 1 aliphatic heterocycles. The lowest BCUT2D eigenvalue weighted by molar-refractivity contribution is -0.149. The van der Waals surface area contributed by atoms with E-state index in [-0.39, 0.29) is 24.0 Å². The van der Waals surface area contributed by atoms with Crippen LogP contribution in [0.4, 0.5) is 16.1 Å². The van der Waals surface area contributed by atoms with Gasteiger partial charge in [-0.05, 0) is 59.7 Å². The summed E-state index contributed by atoms with van der Waals surface area (Å²) in [7, 11) is 0. The van der Waals surface area contributed by atoms with Gasteiger partial charge >= 0.3 is 5.97 Å². The van der Waals surface area contributed by atoms with Gasteiger partial charge in [-0.3, -0.25) is 9.59 Å². The van der Waals surface area contributed by atoms with Crippen LogP contribution in [0.25, 0.3) is 22.2 Å². The van der Waals surface area contributed by atoms with Gasteiger partial charge in [0.25, 0.3) is 6.01 Å². The normalized spacial score (nSPS) is 15.1. The number of benzene rings is 3. The Bertz CT molecular complexity index is 1380. The summed E-state index contributed by atoms with van der Waals surface area (Å²) in [5, 5.41) is 12.8. The molecular weight excluding hydrogens is 467 g/mol. The number of rotatable bonds is 7. The predicted molar refractivity (Wildman–Crippen MR) is 135 cm³/mol. The van der Waals surface area contributed by atoms with Gasteiger partial charge in [0.2, 0.25) is 0 Å². The van der Waals surface area contributed by atoms with Gasteiger partial charge in [-0.2, -0.15) is 16.7 Å². The van der Waals surface area contributed by atoms with Crippen molar-refractivity contribution in [2.45, 2.75) is 19.3 Å². The molecule has 8 heteroatoms. The van der Waals surface area contributed by atoms with Crippen molar-refractivity contribution in [3.63, 3.8) is 0 Å². The molecule has 1 fully saturated rings. The first-order valence-electron chi connectivity index (χ1n) is 11.3. The van der Waals surface area contributed by atoms with Crippen LogP contribution in [0.3, 0.4) is 0 Å². The number of carbonyl (C=O) groups excluding carboxylic acids is 1. The third-order valence-corrected chi connectivity index (χ3v) is 7.41. The minimum absolute atomic E-state index is 0.0328. The quantitative estimate of drug-likeness (QED) is 0.284. The van der Waals surface area contributed by atoms with Gasteiger partial charge in [0, 0.05) is 23.7 Å². The third kappa shape index (κ3) is 4.93. The maximum absolute atomic E-state index is 13.4. The van der Waals surface area contributed by atoms with Crippen molar-refractivity contribution in [3.8, 4) is 11.1 Å². The molecule has 0 atom stereocenters. The number of halogens is 1. The second-order valence-electron chi connectivity index (χ2n) is 8.71. The molecule has 6 nitrogen and oxygen atoms in total. The van der Waals surface area contributed by atoms with E-state index in [1.165, 1.54) is 18.2 Å². The maximum atomic E-state index is 13.4. The number of hydrogen-bond donors (Lipinski definition) is 2. The number of anilines is 2. The Labute approximate surface area is 205 Å². The zero-order valence-electron chi connectivity index (χ0n) is 18.8. The highest BCUT2D eigenvalue weighted by Crippen LogP contribution is 2.39. The Morgan fingerprint density at radius 2 is 1.66 bits per heavy atom. The molecule has 2 heterocycles. The molecule has 0 unspecified atom stereocenters. The first-order chi connectivity index (χ1) is 16.9. The van der Waals surface area contributed by atoms with Crippen LogP contribution in [0.15, 0.2) is 71.1 Å². The number of nitrogens with zero attached hydrogens (tertiary/aromatic N) is 1. The number of carboxylic acids is 1. The van der Waals surface area contributed by atoms with Crippen LogP contribution in [-0.2, 0) is 4.79 Å². The summed E-state index contributed by atoms with van der Waals surface area (Å²) in [5.41, 5.74) is 3.17. The molecule has 0 bridgehead atoms. The van der Waals surface area contributed by atoms with Crippen LogP contribution in [0.1, 0.15) is 29.6 Å². The first-order valence-corrected chi connectivity index (χ1v) is 12.5. The van der Waals surface area contributed by atoms with Crippen molar-refractivity contribution in [3.05, 3.63) is 78.1 Å². The summed E-state index contributed by atoms with van der Waals surface area (Å²) in [5.74, 6) is 0.164. The number of aliphatic carboxylic acids is 1. The average molecular weight is 491 g/mol. The number of nitrogens with one attached hydrogen (secondary N) is 1. The van der Waals surface area contributed by atoms with Crippen LogP contribution >= 0.6 is 11.8 Å². The Hall–Kier alpha value is -3.65. The molecular formula is C27H23FN2O4S. The van der Waals surface area contributed by atoms with E-state index >= 15 is 0 Å². The molecule has 4 aromatic rings. The number of fused-ring (bicyclic) bond motifs is 1. The van der Waals surface area contributed by atoms with Gasteiger partial charge in [0.15, 0.2) is 11.4 Å². The predicted octanol–water partition coefficient (Wildman–Crippen LogP) is 6.55. The van der Waals surface area contributed by atoms with E-state index in [1.807, 2.05) is 36.4 Å². The second-order valence-corrected chi connectivity index (χ2v) is 9.93. The maximum Gasteiger partial charge on any atom is 0.310 e. The van der Waals surface area contributed by atoms with Gasteiger partial charge < -0.3 is 14.8 Å². The molecule has 0 spiro atoms. The molecule has 3 aromatic carbocycles. The lowest BCUT2D eigenvalue weighted by atomic mass is 9.76. The zero-order chi connectivity index (χ0) is 24.4. The van der Waals surface area contributed by atoms with E-state index in [1.54, 1.807) is 23.9 Å². The number of ketones is 1. The van der Waals surface area contributed by atoms with Gasteiger partial charge in [-0.15, -0.1) is 0 Å². The number of thioether (sulfide) groups is 1. The molecule has 1 saturated heterocycles. The number of carboxylic acid groups (broad SMARTS) is 1. The Morgan fingerprint density at radius 3 is 2.31 bits per heavy atom. The van der Waals surface area contributed by atoms with Crippen LogP contribution in [-0.4, -0.2) is 33.3 Å². The van der Waals surface area contributed by atoms with E-state index < -0.39 is 11.4 Å². The summed E-state index contributed by atoms with van der Waals surface area (Å²) in [6.45, 7) is 0. The lowest BCUT2D eigenvalue weighted by Crippen LogP contribution is -2.37. The summed E-state index contributed by atoms with van der Waals surface area (Å²) in [4.78, 5) is 29.0. The summed E-state index contributed by atoms with van der Waals surface area (Å²) >= 11 is 1.74. The fourth-order valence-electron chi connectivity index (χ4n) is 4.31. The van der Waals surface area contributed by atoms with Crippen molar-refractivity contribution < 1.29 is 23.5 Å². The Balaban J connectivity index is 1.26. The van der Waals surface area contributed by atoms with Crippen LogP contribution in [0, 0.1) is 11.2 Å². The van der Waals surface area contributed by atoms with Gasteiger partial charge in [0.1, 0.15) is 11.3 Å². The van der Waals surface area contributed by atoms with Crippen molar-refractivity contribution >= 4 is 46.3 Å². The smallest absolute Gasteiger partial charge is 0.310 e. The fraction of sp³-hybridized carbons (Fsp3) is 0.222. The minimum atomic E-state index is -0.952. The number of oxazole rings is 1. The minimum Gasteiger partial charge on any atom is -0.481 e. The molecule has 0 saturated carbocycles. The van der Waals surface area contributed by atoms with Crippen molar-refractivity contribution in [1.29, 1.82) is 0 Å². The molecule has 0 radical (unpaired) electrons. The highest BCUT2D eigenvalue weighted by atomic mass is 32.2. The van der Waals surface area contributed by atoms with Gasteiger partial charge in [0.05, 0.1) is 5.41 Å². The van der Waals surface area contributed by atoms with Crippen LogP contribution < -0.4 is 5.32 Å². The molecule has 1 aliphatic rings. The van der Waals surface area contributed by atoms with E-state index in [2.05, 4.69) is 10.3 Å². The number of Topliss-reactive ketones (excluding diaryl/α,β-unsaturated/α-hetero) is 1. The largest absolute Gasteiger partial charge is 0.481 e. The van der Waals surface area contributed by atoms with Crippen LogP contribution in [0.2, 0.25) is 0 Å². The van der Waals surface area contributed by atoms with Crippen molar-refractivity contribution in [2.75, 3.05) is 16.8 Å². The molecule has 5 rings (SSSR count). The standard InChI is InChI=1S/C27H23FN2O4S/c28-20-7-10-24-22(15-20)30-26(34-24)29-21-8-5-18(6-9-21)17-1-3-19(4-2-17)23(31)16-27(25(32)33)11-13-35-14-12-27/h1-10,15H,11-14,16H2,(H,29,30)(H,32,33). The number of aromatic nitrogens is 1. The van der Waals surface area contributed by atoms with Crippen LogP contribution in [0.5, 0.6) is 0 Å². The fourth-order valence-corrected chi connectivity index (χ4v) is 5.58. The van der Waals surface area contributed by atoms with E-state index in [4.69, 9.17) is 4.42 Å². The monoisotopic (exact) mass is 490 g/mol. The van der Waals surface area contributed by atoms with Gasteiger partial charge in [-0.1, -0.05) is 36.4 Å². The molecule has 178 valence electrons. The number of carbonyl (C=O) groups is 2. The lowest BCUT2D eigenvalue weighted by Gasteiger charge is -2.32. The second kappa shape index (κ2) is 9.54. The summed E-state index contributed by atoms with van der Waals surface area (Å²) in [6, 6.07) is 19.3.